The first-order chi connectivity index (χ1) is 9.32. The number of halogens is 4. The number of aryl methyl sites for hydroxylation is 1. The van der Waals surface area contributed by atoms with Crippen LogP contribution in [0.2, 0.25) is 0 Å². The van der Waals surface area contributed by atoms with E-state index in [9.17, 15) is 13.2 Å². The van der Waals surface area contributed by atoms with Gasteiger partial charge in [0.25, 0.3) is 0 Å². The van der Waals surface area contributed by atoms with Crippen molar-refractivity contribution in [2.75, 3.05) is 0 Å². The molecule has 1 unspecified atom stereocenters. The smallest absolute Gasteiger partial charge is 0.275 e. The first kappa shape index (κ1) is 15.0. The van der Waals surface area contributed by atoms with Crippen LogP contribution in [0.1, 0.15) is 22.9 Å². The van der Waals surface area contributed by atoms with Gasteiger partial charge in [0.15, 0.2) is 0 Å². The lowest BCUT2D eigenvalue weighted by Crippen LogP contribution is -2.31. The molecule has 0 aliphatic carbocycles. The minimum Gasteiger partial charge on any atom is -0.275 e. The number of rotatable bonds is 3. The molecule has 0 fully saturated rings. The number of hydrogen-bond donors (Lipinski definition) is 2. The highest BCUT2D eigenvalue weighted by molar-refractivity contribution is 9.10. The van der Waals surface area contributed by atoms with Gasteiger partial charge in [-0.05, 0) is 23.8 Å². The Morgan fingerprint density at radius 2 is 2.05 bits per heavy atom. The zero-order valence-electron chi connectivity index (χ0n) is 10.4. The van der Waals surface area contributed by atoms with Crippen LogP contribution < -0.4 is 11.3 Å². The van der Waals surface area contributed by atoms with Gasteiger partial charge in [-0.1, -0.05) is 22.0 Å². The number of nitrogens with two attached hydrogens (primary N) is 1. The maximum absolute atomic E-state index is 13.1. The SMILES string of the molecule is Cn1ccc(C(NN)c2ccc(Br)cc2C(F)(F)F)n1. The molecule has 0 radical (unpaired) electrons. The van der Waals surface area contributed by atoms with Gasteiger partial charge in [0.1, 0.15) is 0 Å². The van der Waals surface area contributed by atoms with Gasteiger partial charge in [0.2, 0.25) is 0 Å². The van der Waals surface area contributed by atoms with E-state index in [1.54, 1.807) is 19.3 Å². The molecule has 0 spiro atoms. The number of nitrogens with zero attached hydrogens (tertiary/aromatic N) is 2. The molecule has 1 heterocycles. The summed E-state index contributed by atoms with van der Waals surface area (Å²) in [6.07, 6.45) is -2.82. The quantitative estimate of drug-likeness (QED) is 0.662. The summed E-state index contributed by atoms with van der Waals surface area (Å²) in [7, 11) is 1.68. The van der Waals surface area contributed by atoms with Crippen LogP contribution in [0.15, 0.2) is 34.9 Å². The zero-order chi connectivity index (χ0) is 14.9. The van der Waals surface area contributed by atoms with Crippen LogP contribution in [0.25, 0.3) is 0 Å². The molecule has 0 aliphatic heterocycles. The third kappa shape index (κ3) is 3.02. The topological polar surface area (TPSA) is 55.9 Å². The van der Waals surface area contributed by atoms with E-state index in [1.165, 1.54) is 16.8 Å². The lowest BCUT2D eigenvalue weighted by molar-refractivity contribution is -0.138. The maximum Gasteiger partial charge on any atom is 0.416 e. The Hall–Kier alpha value is -1.38. The fraction of sp³-hybridized carbons (Fsp3) is 0.250. The van der Waals surface area contributed by atoms with Crippen molar-refractivity contribution in [3.8, 4) is 0 Å². The number of benzene rings is 1. The third-order valence-electron chi connectivity index (χ3n) is 2.83. The van der Waals surface area contributed by atoms with Gasteiger partial charge >= 0.3 is 6.18 Å². The molecule has 8 heteroatoms. The molecule has 1 aromatic carbocycles. The lowest BCUT2D eigenvalue weighted by Gasteiger charge is -2.20. The summed E-state index contributed by atoms with van der Waals surface area (Å²) in [5.74, 6) is 5.42. The van der Waals surface area contributed by atoms with E-state index < -0.39 is 17.8 Å². The van der Waals surface area contributed by atoms with Gasteiger partial charge in [-0.25, -0.2) is 5.43 Å². The van der Waals surface area contributed by atoms with E-state index in [-0.39, 0.29) is 5.56 Å². The van der Waals surface area contributed by atoms with Crippen molar-refractivity contribution < 1.29 is 13.2 Å². The highest BCUT2D eigenvalue weighted by atomic mass is 79.9. The third-order valence-corrected chi connectivity index (χ3v) is 3.32. The molecule has 1 atom stereocenters. The van der Waals surface area contributed by atoms with Gasteiger partial charge in [-0.3, -0.25) is 10.5 Å². The fourth-order valence-corrected chi connectivity index (χ4v) is 2.31. The predicted molar refractivity (Wildman–Crippen MR) is 71.5 cm³/mol. The number of hydrogen-bond acceptors (Lipinski definition) is 3. The number of aromatic nitrogens is 2. The summed E-state index contributed by atoms with van der Waals surface area (Å²) in [4.78, 5) is 0. The summed E-state index contributed by atoms with van der Waals surface area (Å²) in [5.41, 5.74) is 2.09. The average molecular weight is 349 g/mol. The van der Waals surface area contributed by atoms with E-state index >= 15 is 0 Å². The Balaban J connectivity index is 2.55. The summed E-state index contributed by atoms with van der Waals surface area (Å²) < 4.78 is 41.3. The molecule has 1 aromatic heterocycles. The minimum atomic E-state index is -4.47. The van der Waals surface area contributed by atoms with Crippen LogP contribution in [0.4, 0.5) is 13.2 Å². The molecule has 4 nitrogen and oxygen atoms in total. The van der Waals surface area contributed by atoms with Crippen LogP contribution >= 0.6 is 15.9 Å². The first-order valence-electron chi connectivity index (χ1n) is 5.65. The van der Waals surface area contributed by atoms with E-state index in [2.05, 4.69) is 26.5 Å². The van der Waals surface area contributed by atoms with Crippen molar-refractivity contribution in [2.24, 2.45) is 12.9 Å². The largest absolute Gasteiger partial charge is 0.416 e. The summed E-state index contributed by atoms with van der Waals surface area (Å²) in [6, 6.07) is 4.74. The van der Waals surface area contributed by atoms with Crippen molar-refractivity contribution in [3.05, 3.63) is 51.8 Å². The Bertz CT molecular complexity index is 609. The van der Waals surface area contributed by atoms with Crippen LogP contribution in [0.5, 0.6) is 0 Å². The minimum absolute atomic E-state index is 0.0295. The Morgan fingerprint density at radius 1 is 1.35 bits per heavy atom. The van der Waals surface area contributed by atoms with E-state index in [0.29, 0.717) is 10.2 Å². The van der Waals surface area contributed by atoms with Crippen LogP contribution in [0.3, 0.4) is 0 Å². The van der Waals surface area contributed by atoms with Crippen molar-refractivity contribution in [1.29, 1.82) is 0 Å². The Kier molecular flexibility index (Phi) is 4.17. The van der Waals surface area contributed by atoms with Gasteiger partial charge in [-0.15, -0.1) is 0 Å². The second-order valence-electron chi connectivity index (χ2n) is 4.24. The van der Waals surface area contributed by atoms with Crippen molar-refractivity contribution in [1.82, 2.24) is 15.2 Å². The summed E-state index contributed by atoms with van der Waals surface area (Å²) >= 11 is 3.05. The lowest BCUT2D eigenvalue weighted by atomic mass is 9.98. The number of nitrogens with one attached hydrogen (secondary N) is 1. The van der Waals surface area contributed by atoms with Crippen molar-refractivity contribution in [3.63, 3.8) is 0 Å². The van der Waals surface area contributed by atoms with Crippen LogP contribution in [0, 0.1) is 0 Å². The standard InChI is InChI=1S/C12H12BrF3N4/c1-20-5-4-10(19-20)11(18-17)8-3-2-7(13)6-9(8)12(14,15)16/h2-6,11,18H,17H2,1H3. The Labute approximate surface area is 121 Å². The molecule has 0 bridgehead atoms. The van der Waals surface area contributed by atoms with E-state index in [1.807, 2.05) is 0 Å². The molecule has 0 amide bonds. The molecule has 0 saturated heterocycles. The summed E-state index contributed by atoms with van der Waals surface area (Å²) in [6.45, 7) is 0. The molecule has 20 heavy (non-hydrogen) atoms. The van der Waals surface area contributed by atoms with Crippen molar-refractivity contribution >= 4 is 15.9 Å². The second kappa shape index (κ2) is 5.55. The molecule has 0 aliphatic rings. The van der Waals surface area contributed by atoms with Crippen LogP contribution in [-0.4, -0.2) is 9.78 Å². The molecular formula is C12H12BrF3N4. The molecule has 3 N–H and O–H groups in total. The first-order valence-corrected chi connectivity index (χ1v) is 6.44. The summed E-state index contributed by atoms with van der Waals surface area (Å²) in [5, 5.41) is 4.10. The van der Waals surface area contributed by atoms with Crippen LogP contribution in [-0.2, 0) is 13.2 Å². The maximum atomic E-state index is 13.1. The molecule has 0 saturated carbocycles. The Morgan fingerprint density at radius 3 is 2.55 bits per heavy atom. The van der Waals surface area contributed by atoms with Crippen molar-refractivity contribution in [2.45, 2.75) is 12.2 Å². The fourth-order valence-electron chi connectivity index (χ4n) is 1.95. The normalized spacial score (nSPS) is 13.5. The van der Waals surface area contributed by atoms with Gasteiger partial charge in [0.05, 0.1) is 17.3 Å². The molecule has 108 valence electrons. The van der Waals surface area contributed by atoms with Gasteiger partial charge in [0, 0.05) is 17.7 Å². The highest BCUT2D eigenvalue weighted by Gasteiger charge is 2.36. The van der Waals surface area contributed by atoms with E-state index in [0.717, 1.165) is 6.07 Å². The monoisotopic (exact) mass is 348 g/mol. The molecule has 2 aromatic rings. The van der Waals surface area contributed by atoms with E-state index in [4.69, 9.17) is 5.84 Å². The number of hydrazine groups is 1. The van der Waals surface area contributed by atoms with Gasteiger partial charge in [-0.2, -0.15) is 18.3 Å². The van der Waals surface area contributed by atoms with Gasteiger partial charge < -0.3 is 0 Å². The second-order valence-corrected chi connectivity index (χ2v) is 5.16. The highest BCUT2D eigenvalue weighted by Crippen LogP contribution is 2.37. The molecular weight excluding hydrogens is 337 g/mol. The number of alkyl halides is 3. The molecule has 2 rings (SSSR count). The zero-order valence-corrected chi connectivity index (χ0v) is 12.0. The predicted octanol–water partition coefficient (Wildman–Crippen LogP) is 2.75. The average Bonchev–Trinajstić information content (AvgIpc) is 2.77.